The maximum atomic E-state index is 11.8. The molecule has 1 aromatic rings. The molecule has 1 rings (SSSR count). The van der Waals surface area contributed by atoms with Crippen LogP contribution in [0.15, 0.2) is 18.2 Å². The molecule has 0 radical (unpaired) electrons. The van der Waals surface area contributed by atoms with Crippen LogP contribution in [0, 0.1) is 10.1 Å². The quantitative estimate of drug-likeness (QED) is 0.602. The Labute approximate surface area is 108 Å². The number of nitro benzene ring substituents is 1. The maximum absolute atomic E-state index is 11.8. The Kier molecular flexibility index (Phi) is 4.41. The Morgan fingerprint density at radius 3 is 2.58 bits per heavy atom. The molecule has 0 bridgehead atoms. The van der Waals surface area contributed by atoms with Crippen LogP contribution in [0.25, 0.3) is 0 Å². The fraction of sp³-hybridized carbons (Fsp3) is 0.273. The Balaban J connectivity index is 3.13. The average Bonchev–Trinajstić information content (AvgIpc) is 2.37. The van der Waals surface area contributed by atoms with Crippen LogP contribution >= 0.6 is 0 Å². The van der Waals surface area contributed by atoms with Crippen molar-refractivity contribution in [2.24, 2.45) is 0 Å². The van der Waals surface area contributed by atoms with Crippen molar-refractivity contribution in [3.63, 3.8) is 0 Å². The maximum Gasteiger partial charge on any atom is 0.325 e. The van der Waals surface area contributed by atoms with E-state index in [0.717, 1.165) is 0 Å². The van der Waals surface area contributed by atoms with Crippen molar-refractivity contribution in [1.29, 1.82) is 0 Å². The first kappa shape index (κ1) is 14.4. The smallest absolute Gasteiger partial charge is 0.325 e. The van der Waals surface area contributed by atoms with Crippen LogP contribution in [0.2, 0.25) is 0 Å². The second-order valence-electron chi connectivity index (χ2n) is 3.65. The Morgan fingerprint density at radius 1 is 1.47 bits per heavy atom. The predicted molar refractivity (Wildman–Crippen MR) is 64.2 cm³/mol. The van der Waals surface area contributed by atoms with Gasteiger partial charge in [-0.2, -0.15) is 0 Å². The third-order valence-corrected chi connectivity index (χ3v) is 2.36. The number of nitrogens with one attached hydrogen (secondary N) is 1. The summed E-state index contributed by atoms with van der Waals surface area (Å²) in [4.78, 5) is 32.6. The van der Waals surface area contributed by atoms with E-state index < -0.39 is 22.8 Å². The summed E-state index contributed by atoms with van der Waals surface area (Å²) in [5.41, 5.74) is -0.456. The van der Waals surface area contributed by atoms with E-state index in [-0.39, 0.29) is 17.0 Å². The molecule has 0 fully saturated rings. The van der Waals surface area contributed by atoms with Crippen molar-refractivity contribution in [2.45, 2.75) is 13.0 Å². The van der Waals surface area contributed by atoms with Crippen molar-refractivity contribution < 1.29 is 24.4 Å². The van der Waals surface area contributed by atoms with Crippen molar-refractivity contribution >= 4 is 17.6 Å². The van der Waals surface area contributed by atoms with Gasteiger partial charge in [0.15, 0.2) is 0 Å². The van der Waals surface area contributed by atoms with Crippen molar-refractivity contribution in [1.82, 2.24) is 5.32 Å². The Hall–Kier alpha value is -2.64. The molecule has 0 aromatic heterocycles. The lowest BCUT2D eigenvalue weighted by Gasteiger charge is -2.11. The normalized spacial score (nSPS) is 11.5. The van der Waals surface area contributed by atoms with Gasteiger partial charge in [0.25, 0.3) is 5.91 Å². The minimum absolute atomic E-state index is 0.0928. The number of carbonyl (C=O) groups is 2. The van der Waals surface area contributed by atoms with E-state index in [9.17, 15) is 19.7 Å². The van der Waals surface area contributed by atoms with Gasteiger partial charge < -0.3 is 15.2 Å². The summed E-state index contributed by atoms with van der Waals surface area (Å²) < 4.78 is 4.85. The number of hydrogen-bond acceptors (Lipinski definition) is 5. The van der Waals surface area contributed by atoms with E-state index in [4.69, 9.17) is 9.84 Å². The number of carboxylic acids is 1. The summed E-state index contributed by atoms with van der Waals surface area (Å²) in [6.07, 6.45) is 0. The number of benzene rings is 1. The van der Waals surface area contributed by atoms with Gasteiger partial charge >= 0.3 is 11.7 Å². The summed E-state index contributed by atoms with van der Waals surface area (Å²) in [6, 6.07) is 2.71. The molecule has 8 heteroatoms. The van der Waals surface area contributed by atoms with Gasteiger partial charge in [-0.15, -0.1) is 0 Å². The van der Waals surface area contributed by atoms with Crippen molar-refractivity contribution in [2.75, 3.05) is 7.11 Å². The summed E-state index contributed by atoms with van der Waals surface area (Å²) in [6.45, 7) is 1.28. The second-order valence-corrected chi connectivity index (χ2v) is 3.65. The number of ether oxygens (including phenoxy) is 1. The van der Waals surface area contributed by atoms with E-state index in [1.54, 1.807) is 0 Å². The van der Waals surface area contributed by atoms with E-state index in [2.05, 4.69) is 5.32 Å². The van der Waals surface area contributed by atoms with Gasteiger partial charge in [-0.1, -0.05) is 6.07 Å². The molecule has 2 N–H and O–H groups in total. The SMILES string of the molecule is COc1c(C(=O)N[C@H](C)C(=O)O)cccc1[N+](=O)[O-]. The van der Waals surface area contributed by atoms with E-state index in [1.807, 2.05) is 0 Å². The lowest BCUT2D eigenvalue weighted by Crippen LogP contribution is -2.38. The third kappa shape index (κ3) is 3.18. The fourth-order valence-electron chi connectivity index (χ4n) is 1.40. The zero-order valence-electron chi connectivity index (χ0n) is 10.2. The number of para-hydroxylation sites is 1. The fourth-order valence-corrected chi connectivity index (χ4v) is 1.40. The van der Waals surface area contributed by atoms with Crippen LogP contribution in [0.5, 0.6) is 5.75 Å². The van der Waals surface area contributed by atoms with E-state index in [0.29, 0.717) is 0 Å². The number of methoxy groups -OCH3 is 1. The second kappa shape index (κ2) is 5.80. The van der Waals surface area contributed by atoms with Crippen molar-refractivity contribution in [3.05, 3.63) is 33.9 Å². The molecule has 0 spiro atoms. The highest BCUT2D eigenvalue weighted by Gasteiger charge is 2.24. The first-order chi connectivity index (χ1) is 8.88. The minimum atomic E-state index is -1.21. The third-order valence-electron chi connectivity index (χ3n) is 2.36. The largest absolute Gasteiger partial charge is 0.490 e. The molecule has 0 aliphatic rings. The molecule has 0 saturated carbocycles. The van der Waals surface area contributed by atoms with Gasteiger partial charge in [0.05, 0.1) is 17.6 Å². The zero-order chi connectivity index (χ0) is 14.6. The summed E-state index contributed by atoms with van der Waals surface area (Å²) >= 11 is 0. The molecule has 0 saturated heterocycles. The van der Waals surface area contributed by atoms with Gasteiger partial charge in [-0.3, -0.25) is 19.7 Å². The number of rotatable bonds is 5. The molecular weight excluding hydrogens is 256 g/mol. The lowest BCUT2D eigenvalue weighted by molar-refractivity contribution is -0.385. The molecular formula is C11H12N2O6. The molecule has 0 aliphatic carbocycles. The highest BCUT2D eigenvalue weighted by molar-refractivity contribution is 6.00. The van der Waals surface area contributed by atoms with Crippen LogP contribution in [-0.4, -0.2) is 35.1 Å². The number of carbonyl (C=O) groups excluding carboxylic acids is 1. The van der Waals surface area contributed by atoms with Gasteiger partial charge in [-0.25, -0.2) is 0 Å². The van der Waals surface area contributed by atoms with E-state index in [1.165, 1.54) is 32.2 Å². The molecule has 0 heterocycles. The highest BCUT2D eigenvalue weighted by atomic mass is 16.6. The molecule has 19 heavy (non-hydrogen) atoms. The number of aliphatic carboxylic acids is 1. The van der Waals surface area contributed by atoms with E-state index >= 15 is 0 Å². The number of nitrogens with zero attached hydrogens (tertiary/aromatic N) is 1. The van der Waals surface area contributed by atoms with Gasteiger partial charge in [-0.05, 0) is 13.0 Å². The van der Waals surface area contributed by atoms with Crippen LogP contribution < -0.4 is 10.1 Å². The number of amides is 1. The topological polar surface area (TPSA) is 119 Å². The molecule has 1 amide bonds. The number of hydrogen-bond donors (Lipinski definition) is 2. The van der Waals surface area contributed by atoms with Crippen LogP contribution in [-0.2, 0) is 4.79 Å². The average molecular weight is 268 g/mol. The molecule has 0 unspecified atom stereocenters. The first-order valence-electron chi connectivity index (χ1n) is 5.23. The lowest BCUT2D eigenvalue weighted by atomic mass is 10.1. The van der Waals surface area contributed by atoms with Gasteiger partial charge in [0.1, 0.15) is 6.04 Å². The van der Waals surface area contributed by atoms with Gasteiger partial charge in [0, 0.05) is 6.07 Å². The Bertz CT molecular complexity index is 528. The molecule has 102 valence electrons. The predicted octanol–water partition coefficient (Wildman–Crippen LogP) is 0.806. The van der Waals surface area contributed by atoms with Crippen LogP contribution in [0.1, 0.15) is 17.3 Å². The molecule has 0 aliphatic heterocycles. The standard InChI is InChI=1S/C11H12N2O6/c1-6(11(15)16)12-10(14)7-4-3-5-8(13(17)18)9(7)19-2/h3-6H,1-2H3,(H,12,14)(H,15,16)/t6-/m1/s1. The summed E-state index contributed by atoms with van der Waals surface area (Å²) in [7, 11) is 1.19. The summed E-state index contributed by atoms with van der Waals surface area (Å²) in [5.74, 6) is -2.17. The number of carboxylic acid groups (broad SMARTS) is 1. The Morgan fingerprint density at radius 2 is 2.11 bits per heavy atom. The molecule has 1 aromatic carbocycles. The minimum Gasteiger partial charge on any atom is -0.490 e. The highest BCUT2D eigenvalue weighted by Crippen LogP contribution is 2.30. The number of nitro groups is 1. The van der Waals surface area contributed by atoms with Crippen LogP contribution in [0.3, 0.4) is 0 Å². The van der Waals surface area contributed by atoms with Crippen LogP contribution in [0.4, 0.5) is 5.69 Å². The molecule has 1 atom stereocenters. The van der Waals surface area contributed by atoms with Gasteiger partial charge in [0.2, 0.25) is 5.75 Å². The monoisotopic (exact) mass is 268 g/mol. The zero-order valence-corrected chi connectivity index (χ0v) is 10.2. The molecule has 8 nitrogen and oxygen atoms in total. The first-order valence-corrected chi connectivity index (χ1v) is 5.23. The summed E-state index contributed by atoms with van der Waals surface area (Å²) in [5, 5.41) is 21.7. The van der Waals surface area contributed by atoms with Crippen molar-refractivity contribution in [3.8, 4) is 5.75 Å².